The maximum absolute atomic E-state index is 12.1. The summed E-state index contributed by atoms with van der Waals surface area (Å²) in [6.45, 7) is 5.37. The van der Waals surface area contributed by atoms with E-state index in [1.807, 2.05) is 14.1 Å². The van der Waals surface area contributed by atoms with Crippen molar-refractivity contribution in [1.29, 1.82) is 0 Å². The van der Waals surface area contributed by atoms with Gasteiger partial charge in [0, 0.05) is 45.1 Å². The van der Waals surface area contributed by atoms with Crippen LogP contribution in [-0.2, 0) is 10.2 Å². The fourth-order valence-corrected chi connectivity index (χ4v) is 4.93. The minimum atomic E-state index is 0.200. The van der Waals surface area contributed by atoms with Crippen LogP contribution in [-0.4, -0.2) is 56.1 Å². The molecule has 1 saturated carbocycles. The van der Waals surface area contributed by atoms with Gasteiger partial charge in [-0.2, -0.15) is 0 Å². The topological polar surface area (TPSA) is 42.0 Å². The number of fused-ring (bicyclic) bond motifs is 3. The minimum absolute atomic E-state index is 0.200. The molecular weight excluding hydrogens is 328 g/mol. The van der Waals surface area contributed by atoms with Gasteiger partial charge in [0.1, 0.15) is 13.2 Å². The monoisotopic (exact) mass is 358 g/mol. The molecule has 3 aliphatic rings. The van der Waals surface area contributed by atoms with Crippen LogP contribution in [0.15, 0.2) is 12.1 Å². The van der Waals surface area contributed by atoms with E-state index >= 15 is 0 Å². The lowest BCUT2D eigenvalue weighted by atomic mass is 9.71. The number of hydrogen-bond donors (Lipinski definition) is 0. The summed E-state index contributed by atoms with van der Waals surface area (Å²) in [7, 11) is 3.67. The van der Waals surface area contributed by atoms with Gasteiger partial charge >= 0.3 is 0 Å². The number of rotatable bonds is 3. The SMILES string of the molecule is C[C@@H]1c2cc3c(cc2C2(CCCC2)CN1CCC(=O)N(C)C)OCCO3. The van der Waals surface area contributed by atoms with Gasteiger partial charge in [-0.25, -0.2) is 0 Å². The average Bonchev–Trinajstić information content (AvgIpc) is 3.11. The van der Waals surface area contributed by atoms with E-state index < -0.39 is 0 Å². The molecule has 1 amide bonds. The molecule has 0 radical (unpaired) electrons. The first kappa shape index (κ1) is 17.7. The molecular formula is C21H30N2O3. The van der Waals surface area contributed by atoms with Gasteiger partial charge in [-0.05, 0) is 43.0 Å². The maximum atomic E-state index is 12.1. The molecule has 0 saturated heterocycles. The van der Waals surface area contributed by atoms with E-state index in [2.05, 4.69) is 24.0 Å². The van der Waals surface area contributed by atoms with Crippen molar-refractivity contribution in [2.24, 2.45) is 0 Å². The van der Waals surface area contributed by atoms with Crippen LogP contribution in [0.2, 0.25) is 0 Å². The quantitative estimate of drug-likeness (QED) is 0.833. The molecule has 0 N–H and O–H groups in total. The third kappa shape index (κ3) is 2.96. The van der Waals surface area contributed by atoms with E-state index in [1.165, 1.54) is 36.8 Å². The van der Waals surface area contributed by atoms with Gasteiger partial charge in [-0.15, -0.1) is 0 Å². The first-order valence-electron chi connectivity index (χ1n) is 9.88. The fraction of sp³-hybridized carbons (Fsp3) is 0.667. The molecule has 0 bridgehead atoms. The van der Waals surface area contributed by atoms with Gasteiger partial charge in [0.25, 0.3) is 0 Å². The Morgan fingerprint density at radius 3 is 2.50 bits per heavy atom. The molecule has 5 nitrogen and oxygen atoms in total. The summed E-state index contributed by atoms with van der Waals surface area (Å²) >= 11 is 0. The number of carbonyl (C=O) groups is 1. The van der Waals surface area contributed by atoms with E-state index in [0.717, 1.165) is 24.6 Å². The second kappa shape index (κ2) is 6.76. The van der Waals surface area contributed by atoms with Crippen molar-refractivity contribution in [3.63, 3.8) is 0 Å². The Morgan fingerprint density at radius 1 is 1.19 bits per heavy atom. The van der Waals surface area contributed by atoms with Crippen molar-refractivity contribution in [1.82, 2.24) is 9.80 Å². The van der Waals surface area contributed by atoms with Crippen LogP contribution in [0.25, 0.3) is 0 Å². The molecule has 2 aliphatic heterocycles. The highest BCUT2D eigenvalue weighted by Gasteiger charge is 2.44. The van der Waals surface area contributed by atoms with Crippen molar-refractivity contribution in [3.8, 4) is 11.5 Å². The second-order valence-electron chi connectivity index (χ2n) is 8.26. The molecule has 0 unspecified atom stereocenters. The fourth-order valence-electron chi connectivity index (χ4n) is 4.93. The highest BCUT2D eigenvalue weighted by molar-refractivity contribution is 5.75. The summed E-state index contributed by atoms with van der Waals surface area (Å²) in [6.07, 6.45) is 5.60. The van der Waals surface area contributed by atoms with Gasteiger partial charge < -0.3 is 14.4 Å². The van der Waals surface area contributed by atoms with Gasteiger partial charge in [0.05, 0.1) is 0 Å². The highest BCUT2D eigenvalue weighted by Crippen LogP contribution is 2.51. The lowest BCUT2D eigenvalue weighted by Gasteiger charge is -2.46. The van der Waals surface area contributed by atoms with Crippen LogP contribution in [0.5, 0.6) is 11.5 Å². The lowest BCUT2D eigenvalue weighted by Crippen LogP contribution is -2.47. The van der Waals surface area contributed by atoms with Crippen LogP contribution in [0, 0.1) is 0 Å². The number of amides is 1. The summed E-state index contributed by atoms with van der Waals surface area (Å²) < 4.78 is 11.7. The van der Waals surface area contributed by atoms with E-state index in [4.69, 9.17) is 9.47 Å². The molecule has 5 heteroatoms. The third-order valence-corrected chi connectivity index (χ3v) is 6.46. The summed E-state index contributed by atoms with van der Waals surface area (Å²) in [5.41, 5.74) is 3.03. The predicted molar refractivity (Wildman–Crippen MR) is 101 cm³/mol. The number of benzene rings is 1. The van der Waals surface area contributed by atoms with Crippen molar-refractivity contribution in [2.45, 2.75) is 50.5 Å². The van der Waals surface area contributed by atoms with Gasteiger partial charge in [-0.3, -0.25) is 9.69 Å². The standard InChI is InChI=1S/C21H30N2O3/c1-15-16-12-18-19(26-11-10-25-18)13-17(16)21(7-4-5-8-21)14-23(15)9-6-20(24)22(2)3/h12-13,15H,4-11,14H2,1-3H3/t15-/m1/s1. The molecule has 4 rings (SSSR count). The number of carbonyl (C=O) groups excluding carboxylic acids is 1. The normalized spacial score (nSPS) is 23.7. The van der Waals surface area contributed by atoms with Crippen LogP contribution in [0.4, 0.5) is 0 Å². The summed E-state index contributed by atoms with van der Waals surface area (Å²) in [4.78, 5) is 16.3. The Kier molecular flexibility index (Phi) is 4.59. The number of nitrogens with zero attached hydrogens (tertiary/aromatic N) is 2. The maximum Gasteiger partial charge on any atom is 0.223 e. The van der Waals surface area contributed by atoms with Crippen LogP contribution in [0.3, 0.4) is 0 Å². The zero-order valence-electron chi connectivity index (χ0n) is 16.2. The zero-order valence-corrected chi connectivity index (χ0v) is 16.2. The molecule has 1 aromatic carbocycles. The molecule has 2 heterocycles. The largest absolute Gasteiger partial charge is 0.486 e. The lowest BCUT2D eigenvalue weighted by molar-refractivity contribution is -0.129. The molecule has 1 aromatic rings. The van der Waals surface area contributed by atoms with Gasteiger partial charge in [0.15, 0.2) is 11.5 Å². The smallest absolute Gasteiger partial charge is 0.223 e. The number of hydrogen-bond acceptors (Lipinski definition) is 4. The van der Waals surface area contributed by atoms with Crippen molar-refractivity contribution >= 4 is 5.91 Å². The Morgan fingerprint density at radius 2 is 1.85 bits per heavy atom. The molecule has 0 aromatic heterocycles. The molecule has 142 valence electrons. The highest BCUT2D eigenvalue weighted by atomic mass is 16.6. The van der Waals surface area contributed by atoms with Gasteiger partial charge in [-0.1, -0.05) is 12.8 Å². The van der Waals surface area contributed by atoms with Crippen molar-refractivity contribution in [3.05, 3.63) is 23.3 Å². The number of ether oxygens (including phenoxy) is 2. The van der Waals surface area contributed by atoms with Gasteiger partial charge in [0.2, 0.25) is 5.91 Å². The summed E-state index contributed by atoms with van der Waals surface area (Å²) in [5.74, 6) is 1.98. The Balaban J connectivity index is 1.67. The Labute approximate surface area is 156 Å². The summed E-state index contributed by atoms with van der Waals surface area (Å²) in [6, 6.07) is 4.75. The Bertz CT molecular complexity index is 695. The Hall–Kier alpha value is -1.75. The first-order chi connectivity index (χ1) is 12.5. The second-order valence-corrected chi connectivity index (χ2v) is 8.26. The molecule has 1 spiro atoms. The third-order valence-electron chi connectivity index (χ3n) is 6.46. The van der Waals surface area contributed by atoms with E-state index in [1.54, 1.807) is 4.90 Å². The zero-order chi connectivity index (χ0) is 18.3. The van der Waals surface area contributed by atoms with E-state index in [0.29, 0.717) is 25.7 Å². The molecule has 1 fully saturated rings. The average molecular weight is 358 g/mol. The molecule has 26 heavy (non-hydrogen) atoms. The minimum Gasteiger partial charge on any atom is -0.486 e. The van der Waals surface area contributed by atoms with Crippen molar-refractivity contribution in [2.75, 3.05) is 40.4 Å². The molecule has 1 aliphatic carbocycles. The van der Waals surface area contributed by atoms with Crippen LogP contribution < -0.4 is 9.47 Å². The molecule has 1 atom stereocenters. The van der Waals surface area contributed by atoms with E-state index in [-0.39, 0.29) is 11.3 Å². The van der Waals surface area contributed by atoms with E-state index in [9.17, 15) is 4.79 Å². The van der Waals surface area contributed by atoms with Crippen molar-refractivity contribution < 1.29 is 14.3 Å². The first-order valence-corrected chi connectivity index (χ1v) is 9.88. The van der Waals surface area contributed by atoms with Crippen LogP contribution in [0.1, 0.15) is 56.2 Å². The predicted octanol–water partition coefficient (Wildman–Crippen LogP) is 3.12. The summed E-state index contributed by atoms with van der Waals surface area (Å²) in [5, 5.41) is 0. The van der Waals surface area contributed by atoms with Crippen LogP contribution >= 0.6 is 0 Å².